The average Bonchev–Trinajstić information content (AvgIpc) is 2.29. The number of benzene rings is 1. The van der Waals surface area contributed by atoms with Crippen LogP contribution >= 0.6 is 0 Å². The van der Waals surface area contributed by atoms with Crippen LogP contribution in [0.2, 0.25) is 0 Å². The molecule has 0 fully saturated rings. The molecule has 90 valence electrons. The molecule has 0 aliphatic carbocycles. The van der Waals surface area contributed by atoms with Crippen LogP contribution < -0.4 is 4.74 Å². The summed E-state index contributed by atoms with van der Waals surface area (Å²) in [7, 11) is 0. The lowest BCUT2D eigenvalue weighted by atomic mass is 10.1. The van der Waals surface area contributed by atoms with E-state index in [9.17, 15) is 5.11 Å². The van der Waals surface area contributed by atoms with Crippen LogP contribution in [0.3, 0.4) is 0 Å². The van der Waals surface area contributed by atoms with E-state index in [0.29, 0.717) is 0 Å². The van der Waals surface area contributed by atoms with Gasteiger partial charge in [0.05, 0.1) is 12.7 Å². The smallest absolute Gasteiger partial charge is 0.125 e. The lowest BCUT2D eigenvalue weighted by molar-refractivity contribution is 0.190. The summed E-state index contributed by atoms with van der Waals surface area (Å²) < 4.78 is 5.69. The van der Waals surface area contributed by atoms with Crippen molar-refractivity contribution in [2.45, 2.75) is 45.6 Å². The van der Waals surface area contributed by atoms with Gasteiger partial charge in [0.25, 0.3) is 0 Å². The molecule has 1 atom stereocenters. The van der Waals surface area contributed by atoms with E-state index < -0.39 is 6.10 Å². The highest BCUT2D eigenvalue weighted by atomic mass is 16.5. The first-order valence-electron chi connectivity index (χ1n) is 6.15. The van der Waals surface area contributed by atoms with Crippen molar-refractivity contribution in [3.05, 3.63) is 29.8 Å². The Morgan fingerprint density at radius 2 is 1.94 bits per heavy atom. The molecule has 1 rings (SSSR count). The Morgan fingerprint density at radius 3 is 2.62 bits per heavy atom. The van der Waals surface area contributed by atoms with E-state index in [1.807, 2.05) is 24.3 Å². The second-order valence-electron chi connectivity index (χ2n) is 4.12. The van der Waals surface area contributed by atoms with Crippen LogP contribution in [0.25, 0.3) is 0 Å². The number of aliphatic hydroxyl groups is 1. The molecule has 0 aliphatic heterocycles. The monoisotopic (exact) mass is 222 g/mol. The first-order chi connectivity index (χ1) is 7.75. The predicted octanol–water partition coefficient (Wildman–Crippen LogP) is 3.70. The molecule has 2 nitrogen and oxygen atoms in total. The van der Waals surface area contributed by atoms with Crippen LogP contribution in [0.1, 0.15) is 51.2 Å². The van der Waals surface area contributed by atoms with Crippen LogP contribution in [-0.2, 0) is 0 Å². The van der Waals surface area contributed by atoms with E-state index in [4.69, 9.17) is 4.74 Å². The minimum atomic E-state index is -0.466. The number of rotatable bonds is 7. The molecule has 0 spiro atoms. The fourth-order valence-electron chi connectivity index (χ4n) is 1.67. The zero-order valence-electron chi connectivity index (χ0n) is 10.3. The topological polar surface area (TPSA) is 29.5 Å². The highest BCUT2D eigenvalue weighted by Gasteiger charge is 2.07. The molecule has 1 aromatic carbocycles. The molecule has 0 heterocycles. The highest BCUT2D eigenvalue weighted by Crippen LogP contribution is 2.24. The van der Waals surface area contributed by atoms with Crippen LogP contribution in [0.15, 0.2) is 24.3 Å². The number of unbranched alkanes of at least 4 members (excludes halogenated alkanes) is 3. The third kappa shape index (κ3) is 4.23. The van der Waals surface area contributed by atoms with Gasteiger partial charge in [-0.15, -0.1) is 0 Å². The van der Waals surface area contributed by atoms with Crippen LogP contribution in [0.4, 0.5) is 0 Å². The summed E-state index contributed by atoms with van der Waals surface area (Å²) in [6, 6.07) is 7.69. The lowest BCUT2D eigenvalue weighted by Gasteiger charge is -2.12. The van der Waals surface area contributed by atoms with Gasteiger partial charge < -0.3 is 9.84 Å². The molecule has 0 aromatic heterocycles. The Balaban J connectivity index is 2.41. The van der Waals surface area contributed by atoms with E-state index >= 15 is 0 Å². The summed E-state index contributed by atoms with van der Waals surface area (Å²) in [5.41, 5.74) is 0.873. The summed E-state index contributed by atoms with van der Waals surface area (Å²) >= 11 is 0. The Bertz CT molecular complexity index is 295. The van der Waals surface area contributed by atoms with Gasteiger partial charge in [0.15, 0.2) is 0 Å². The van der Waals surface area contributed by atoms with Crippen LogP contribution in [-0.4, -0.2) is 11.7 Å². The fraction of sp³-hybridized carbons (Fsp3) is 0.571. The lowest BCUT2D eigenvalue weighted by Crippen LogP contribution is -2.02. The summed E-state index contributed by atoms with van der Waals surface area (Å²) in [5.74, 6) is 0.814. The van der Waals surface area contributed by atoms with Crippen molar-refractivity contribution < 1.29 is 9.84 Å². The Morgan fingerprint density at radius 1 is 1.19 bits per heavy atom. The van der Waals surface area contributed by atoms with Crippen molar-refractivity contribution in [3.63, 3.8) is 0 Å². The van der Waals surface area contributed by atoms with E-state index in [1.54, 1.807) is 6.92 Å². The highest BCUT2D eigenvalue weighted by molar-refractivity contribution is 5.34. The van der Waals surface area contributed by atoms with Crippen LogP contribution in [0, 0.1) is 0 Å². The molecule has 0 saturated heterocycles. The molecule has 16 heavy (non-hydrogen) atoms. The van der Waals surface area contributed by atoms with Gasteiger partial charge in [0.1, 0.15) is 5.75 Å². The number of hydrogen-bond acceptors (Lipinski definition) is 2. The van der Waals surface area contributed by atoms with Crippen molar-refractivity contribution in [2.24, 2.45) is 0 Å². The van der Waals surface area contributed by atoms with Gasteiger partial charge in [-0.1, -0.05) is 44.4 Å². The minimum Gasteiger partial charge on any atom is -0.493 e. The van der Waals surface area contributed by atoms with Crippen molar-refractivity contribution in [3.8, 4) is 5.75 Å². The normalized spacial score (nSPS) is 12.4. The Hall–Kier alpha value is -1.02. The van der Waals surface area contributed by atoms with Gasteiger partial charge in [0.2, 0.25) is 0 Å². The Kier molecular flexibility index (Phi) is 5.94. The molecule has 0 aliphatic rings. The van der Waals surface area contributed by atoms with E-state index in [0.717, 1.165) is 24.3 Å². The number of hydrogen-bond donors (Lipinski definition) is 1. The molecule has 0 unspecified atom stereocenters. The average molecular weight is 222 g/mol. The first-order valence-corrected chi connectivity index (χ1v) is 6.15. The van der Waals surface area contributed by atoms with Gasteiger partial charge in [-0.3, -0.25) is 0 Å². The van der Waals surface area contributed by atoms with Crippen molar-refractivity contribution in [1.29, 1.82) is 0 Å². The van der Waals surface area contributed by atoms with E-state index in [2.05, 4.69) is 6.92 Å². The molecule has 1 aromatic rings. The number of aliphatic hydroxyl groups excluding tert-OH is 1. The number of para-hydroxylation sites is 1. The third-order valence-corrected chi connectivity index (χ3v) is 2.62. The van der Waals surface area contributed by atoms with Gasteiger partial charge in [-0.05, 0) is 19.4 Å². The standard InChI is InChI=1S/C14H22O2/c1-3-4-5-8-11-16-14-10-7-6-9-13(14)12(2)15/h6-7,9-10,12,15H,3-5,8,11H2,1-2H3/t12-/m0/s1. The van der Waals surface area contributed by atoms with Gasteiger partial charge in [0, 0.05) is 5.56 Å². The number of ether oxygens (including phenoxy) is 1. The quantitative estimate of drug-likeness (QED) is 0.713. The van der Waals surface area contributed by atoms with Gasteiger partial charge in [-0.2, -0.15) is 0 Å². The molecular weight excluding hydrogens is 200 g/mol. The summed E-state index contributed by atoms with van der Waals surface area (Å²) in [5, 5.41) is 9.57. The predicted molar refractivity (Wildman–Crippen MR) is 66.7 cm³/mol. The SMILES string of the molecule is CCCCCCOc1ccccc1[C@H](C)O. The maximum absolute atomic E-state index is 9.57. The fourth-order valence-corrected chi connectivity index (χ4v) is 1.67. The molecule has 0 bridgehead atoms. The van der Waals surface area contributed by atoms with Crippen molar-refractivity contribution >= 4 is 0 Å². The summed E-state index contributed by atoms with van der Waals surface area (Å²) in [6.45, 7) is 4.70. The maximum atomic E-state index is 9.57. The third-order valence-electron chi connectivity index (χ3n) is 2.62. The molecule has 0 saturated carbocycles. The maximum Gasteiger partial charge on any atom is 0.125 e. The Labute approximate surface area is 98.3 Å². The van der Waals surface area contributed by atoms with E-state index in [1.165, 1.54) is 19.3 Å². The zero-order valence-corrected chi connectivity index (χ0v) is 10.3. The van der Waals surface area contributed by atoms with Gasteiger partial charge >= 0.3 is 0 Å². The second kappa shape index (κ2) is 7.29. The molecular formula is C14H22O2. The first kappa shape index (κ1) is 13.0. The van der Waals surface area contributed by atoms with Crippen LogP contribution in [0.5, 0.6) is 5.75 Å². The largest absolute Gasteiger partial charge is 0.493 e. The van der Waals surface area contributed by atoms with Crippen molar-refractivity contribution in [1.82, 2.24) is 0 Å². The zero-order chi connectivity index (χ0) is 11.8. The van der Waals surface area contributed by atoms with Crippen molar-refractivity contribution in [2.75, 3.05) is 6.61 Å². The summed E-state index contributed by atoms with van der Waals surface area (Å²) in [6.07, 6.45) is 4.34. The second-order valence-corrected chi connectivity index (χ2v) is 4.12. The molecule has 0 amide bonds. The van der Waals surface area contributed by atoms with E-state index in [-0.39, 0.29) is 0 Å². The molecule has 2 heteroatoms. The minimum absolute atomic E-state index is 0.466. The summed E-state index contributed by atoms with van der Waals surface area (Å²) in [4.78, 5) is 0. The molecule has 0 radical (unpaired) electrons. The van der Waals surface area contributed by atoms with Gasteiger partial charge in [-0.25, -0.2) is 0 Å². The molecule has 1 N–H and O–H groups in total.